The van der Waals surface area contributed by atoms with Crippen molar-refractivity contribution < 1.29 is 14.1 Å². The van der Waals surface area contributed by atoms with Gasteiger partial charge >= 0.3 is 6.01 Å². The van der Waals surface area contributed by atoms with Crippen molar-refractivity contribution in [1.29, 1.82) is 5.26 Å². The molecule has 0 aromatic carbocycles. The van der Waals surface area contributed by atoms with Crippen molar-refractivity contribution in [1.82, 2.24) is 29.9 Å². The van der Waals surface area contributed by atoms with Gasteiger partial charge in [-0.15, -0.1) is 11.3 Å². The number of hydrogen-bond acceptors (Lipinski definition) is 12. The number of fused-ring (bicyclic) bond motifs is 2. The monoisotopic (exact) mass is 615 g/mol. The van der Waals surface area contributed by atoms with Gasteiger partial charge in [0.15, 0.2) is 0 Å². The first-order valence-corrected chi connectivity index (χ1v) is 16.2. The van der Waals surface area contributed by atoms with Crippen LogP contribution in [0.1, 0.15) is 60.9 Å². The molecule has 1 saturated carbocycles. The molecule has 4 aliphatic rings. The first-order chi connectivity index (χ1) is 21.3. The maximum absolute atomic E-state index is 12.2. The van der Waals surface area contributed by atoms with E-state index in [4.69, 9.17) is 29.9 Å². The Morgan fingerprint density at radius 2 is 2.05 bits per heavy atom. The molecule has 2 aliphatic heterocycles. The molecule has 3 aromatic heterocycles. The molecule has 0 bridgehead atoms. The summed E-state index contributed by atoms with van der Waals surface area (Å²) in [5, 5.41) is 14.8. The van der Waals surface area contributed by atoms with Gasteiger partial charge in [-0.05, 0) is 71.0 Å². The molecule has 12 nitrogen and oxygen atoms in total. The molecule has 44 heavy (non-hydrogen) atoms. The van der Waals surface area contributed by atoms with Crippen molar-refractivity contribution in [3.05, 3.63) is 40.6 Å². The predicted molar refractivity (Wildman–Crippen MR) is 165 cm³/mol. The van der Waals surface area contributed by atoms with Gasteiger partial charge in [-0.2, -0.15) is 20.2 Å². The van der Waals surface area contributed by atoms with Gasteiger partial charge in [-0.1, -0.05) is 11.7 Å². The number of piperazine rings is 1. The van der Waals surface area contributed by atoms with Crippen molar-refractivity contribution in [2.24, 2.45) is 5.92 Å². The Hall–Kier alpha value is -4.02. The topological polar surface area (TPSA) is 151 Å². The van der Waals surface area contributed by atoms with Crippen LogP contribution in [-0.4, -0.2) is 87.7 Å². The summed E-state index contributed by atoms with van der Waals surface area (Å²) >= 11 is 1.48. The van der Waals surface area contributed by atoms with Crippen molar-refractivity contribution in [2.45, 2.75) is 63.0 Å². The van der Waals surface area contributed by atoms with Crippen LogP contribution in [0.5, 0.6) is 6.01 Å². The molecule has 0 spiro atoms. The van der Waals surface area contributed by atoms with E-state index in [1.165, 1.54) is 23.8 Å². The molecule has 5 heterocycles. The molecule has 3 aromatic rings. The van der Waals surface area contributed by atoms with E-state index in [-0.39, 0.29) is 12.0 Å². The predicted octanol–water partition coefficient (Wildman–Crippen LogP) is 3.38. The van der Waals surface area contributed by atoms with E-state index in [1.54, 1.807) is 4.90 Å². The van der Waals surface area contributed by atoms with Crippen molar-refractivity contribution in [2.75, 3.05) is 50.4 Å². The molecule has 2 saturated heterocycles. The number of nitriles is 1. The van der Waals surface area contributed by atoms with Crippen LogP contribution in [0, 0.1) is 17.2 Å². The summed E-state index contributed by atoms with van der Waals surface area (Å²) in [6, 6.07) is 4.81. The smallest absolute Gasteiger partial charge is 0.319 e. The third kappa shape index (κ3) is 4.80. The summed E-state index contributed by atoms with van der Waals surface area (Å²) in [5.41, 5.74) is 7.52. The van der Waals surface area contributed by atoms with Crippen molar-refractivity contribution in [3.63, 3.8) is 0 Å². The molecule has 0 radical (unpaired) electrons. The highest BCUT2D eigenvalue weighted by molar-refractivity contribution is 7.16. The number of nitrogens with zero attached hydrogens (tertiary/aromatic N) is 8. The van der Waals surface area contributed by atoms with Crippen molar-refractivity contribution >= 4 is 28.1 Å². The zero-order chi connectivity index (χ0) is 30.6. The average molecular weight is 616 g/mol. The number of anilines is 2. The number of amides is 1. The van der Waals surface area contributed by atoms with Gasteiger partial charge in [0.05, 0.1) is 11.0 Å². The maximum atomic E-state index is 12.2. The zero-order valence-electron chi connectivity index (χ0n) is 25.2. The van der Waals surface area contributed by atoms with Crippen LogP contribution in [0.3, 0.4) is 0 Å². The molecule has 4 atom stereocenters. The summed E-state index contributed by atoms with van der Waals surface area (Å²) in [4.78, 5) is 34.1. The third-order valence-electron chi connectivity index (χ3n) is 9.97. The molecular weight excluding hydrogens is 578 g/mol. The van der Waals surface area contributed by atoms with Gasteiger partial charge in [0, 0.05) is 48.7 Å². The Balaban J connectivity index is 1.23. The van der Waals surface area contributed by atoms with Gasteiger partial charge < -0.3 is 24.8 Å². The zero-order valence-corrected chi connectivity index (χ0v) is 26.0. The number of carbonyl (C=O) groups excluding carboxylic acids is 1. The van der Waals surface area contributed by atoms with E-state index >= 15 is 0 Å². The fourth-order valence-corrected chi connectivity index (χ4v) is 8.84. The second-order valence-corrected chi connectivity index (χ2v) is 13.7. The van der Waals surface area contributed by atoms with Gasteiger partial charge in [-0.25, -0.2) is 0 Å². The lowest BCUT2D eigenvalue weighted by Crippen LogP contribution is -2.48. The number of rotatable bonds is 6. The highest BCUT2D eigenvalue weighted by Gasteiger charge is 2.45. The minimum absolute atomic E-state index is 0.00603. The maximum Gasteiger partial charge on any atom is 0.319 e. The summed E-state index contributed by atoms with van der Waals surface area (Å²) in [5.74, 6) is 2.03. The van der Waals surface area contributed by atoms with Gasteiger partial charge in [0.25, 0.3) is 0 Å². The number of aromatic nitrogens is 4. The quantitative estimate of drug-likeness (QED) is 0.407. The molecule has 2 aliphatic carbocycles. The Morgan fingerprint density at radius 1 is 1.23 bits per heavy atom. The molecular formula is C31H37N9O3S. The number of carbonyl (C=O) groups is 1. The second-order valence-electron chi connectivity index (χ2n) is 12.5. The van der Waals surface area contributed by atoms with Gasteiger partial charge in [0.1, 0.15) is 28.7 Å². The number of likely N-dealkylation sites (tertiary alicyclic amines) is 1. The van der Waals surface area contributed by atoms with E-state index in [9.17, 15) is 10.1 Å². The van der Waals surface area contributed by atoms with Crippen LogP contribution in [0.2, 0.25) is 0 Å². The van der Waals surface area contributed by atoms with E-state index < -0.39 is 5.41 Å². The highest BCUT2D eigenvalue weighted by atomic mass is 32.1. The lowest BCUT2D eigenvalue weighted by Gasteiger charge is -2.35. The number of thiophene rings is 1. The van der Waals surface area contributed by atoms with Crippen LogP contribution in [0.4, 0.5) is 10.8 Å². The number of ether oxygens (including phenoxy) is 1. The van der Waals surface area contributed by atoms with E-state index in [0.717, 1.165) is 49.1 Å². The minimum atomic E-state index is -0.632. The number of nitrogens with two attached hydrogens (primary N) is 1. The molecule has 3 fully saturated rings. The van der Waals surface area contributed by atoms with Gasteiger partial charge in [0.2, 0.25) is 17.6 Å². The van der Waals surface area contributed by atoms with E-state index in [0.29, 0.717) is 77.9 Å². The number of likely N-dealkylation sites (N-methyl/N-ethyl adjacent to an activating group) is 1. The highest BCUT2D eigenvalue weighted by Crippen LogP contribution is 2.48. The van der Waals surface area contributed by atoms with Crippen LogP contribution < -0.4 is 15.4 Å². The minimum Gasteiger partial charge on any atom is -0.458 e. The fourth-order valence-electron chi connectivity index (χ4n) is 7.65. The van der Waals surface area contributed by atoms with E-state index in [1.807, 2.05) is 13.0 Å². The standard InChI is InChI=1S/C31H37N9O3S/c1-4-24(41)40-14-12-39(13-15-40)23-16-20(34-30(35-23)42-21-8-7-18-9-11-38(3)26(18)21)28-36-29(43-37-28)31(2)10-5-6-22-25(31)19(17-32)27(33)44-22/h4,16,18,21,26H,1,5-15,33H2,2-3H3/t18?,21?,26?,31-/m0/s1. The average Bonchev–Trinajstić information content (AvgIpc) is 3.82. The molecule has 13 heteroatoms. The molecule has 3 unspecified atom stereocenters. The molecule has 7 rings (SSSR count). The number of aryl methyl sites for hydroxylation is 1. The number of nitrogen functional groups attached to an aromatic ring is 1. The Kier molecular flexibility index (Phi) is 7.29. The Morgan fingerprint density at radius 3 is 2.82 bits per heavy atom. The Labute approximate surface area is 260 Å². The van der Waals surface area contributed by atoms with Crippen LogP contribution >= 0.6 is 11.3 Å². The van der Waals surface area contributed by atoms with Crippen LogP contribution in [-0.2, 0) is 16.6 Å². The van der Waals surface area contributed by atoms with Crippen LogP contribution in [0.25, 0.3) is 11.5 Å². The molecule has 230 valence electrons. The normalized spacial score (nSPS) is 26.7. The Bertz CT molecular complexity index is 1640. The summed E-state index contributed by atoms with van der Waals surface area (Å²) in [7, 11) is 2.16. The number of hydrogen-bond donors (Lipinski definition) is 1. The third-order valence-corrected chi connectivity index (χ3v) is 11.0. The summed E-state index contributed by atoms with van der Waals surface area (Å²) in [6.45, 7) is 9.10. The van der Waals surface area contributed by atoms with E-state index in [2.05, 4.69) is 34.7 Å². The summed E-state index contributed by atoms with van der Waals surface area (Å²) < 4.78 is 12.5. The summed E-state index contributed by atoms with van der Waals surface area (Å²) in [6.07, 6.45) is 7.22. The van der Waals surface area contributed by atoms with Crippen molar-refractivity contribution in [3.8, 4) is 23.6 Å². The lowest BCUT2D eigenvalue weighted by molar-refractivity contribution is -0.126. The molecule has 1 amide bonds. The van der Waals surface area contributed by atoms with Gasteiger partial charge in [-0.3, -0.25) is 9.69 Å². The first kappa shape index (κ1) is 28.7. The fraction of sp³-hybridized carbons (Fsp3) is 0.548. The SMILES string of the molecule is C=CC(=O)N1CCN(c2cc(-c3noc([C@@]4(C)CCCc5sc(N)c(C#N)c54)n3)nc(OC3CCC4CCN(C)C43)n2)CC1. The largest absolute Gasteiger partial charge is 0.458 e. The second kappa shape index (κ2) is 11.2. The first-order valence-electron chi connectivity index (χ1n) is 15.4. The molecule has 2 N–H and O–H groups in total. The lowest BCUT2D eigenvalue weighted by atomic mass is 9.72. The van der Waals surface area contributed by atoms with Crippen LogP contribution in [0.15, 0.2) is 23.2 Å².